The number of aromatic amines is 1. The molecule has 2 heterocycles. The maximum Gasteiger partial charge on any atom is 0.252 e. The number of nitrogens with zero attached hydrogens (tertiary/aromatic N) is 1. The van der Waals surface area contributed by atoms with E-state index in [2.05, 4.69) is 16.4 Å². The second-order valence-corrected chi connectivity index (χ2v) is 7.30. The zero-order valence-corrected chi connectivity index (χ0v) is 16.2. The Morgan fingerprint density at radius 3 is 2.62 bits per heavy atom. The molecule has 0 atom stereocenters. The van der Waals surface area contributed by atoms with E-state index in [1.807, 2.05) is 60.8 Å². The summed E-state index contributed by atoms with van der Waals surface area (Å²) in [4.78, 5) is 16.6. The van der Waals surface area contributed by atoms with E-state index in [-0.39, 0.29) is 5.91 Å². The number of amides is 1. The van der Waals surface area contributed by atoms with Crippen molar-refractivity contribution >= 4 is 17.7 Å². The van der Waals surface area contributed by atoms with Gasteiger partial charge in [-0.25, -0.2) is 0 Å². The van der Waals surface area contributed by atoms with Crippen molar-refractivity contribution in [1.29, 1.82) is 5.26 Å². The van der Waals surface area contributed by atoms with Gasteiger partial charge in [0.05, 0.1) is 29.0 Å². The van der Waals surface area contributed by atoms with Crippen LogP contribution in [-0.4, -0.2) is 10.9 Å². The summed E-state index contributed by atoms with van der Waals surface area (Å²) in [7, 11) is 0. The summed E-state index contributed by atoms with van der Waals surface area (Å²) in [5.74, 6) is 0.491. The lowest BCUT2D eigenvalue weighted by Gasteiger charge is -2.09. The summed E-state index contributed by atoms with van der Waals surface area (Å²) in [5.41, 5.74) is 2.92. The minimum Gasteiger partial charge on any atom is -0.467 e. The third kappa shape index (κ3) is 4.10. The average Bonchev–Trinajstić information content (AvgIpc) is 3.43. The standard InChI is InChI=1S/C23H17N3O2S/c24-13-19-20(16-7-2-1-3-8-16)15-26-23(19)29-21-11-5-4-10-18(21)22(27)25-14-17-9-6-12-28-17/h1-12,15,26H,14H2,(H,25,27). The SMILES string of the molecule is N#Cc1c(-c2ccccc2)c[nH]c1Sc1ccccc1C(=O)NCc1ccco1. The molecule has 2 aromatic carbocycles. The van der Waals surface area contributed by atoms with Gasteiger partial charge in [0.1, 0.15) is 11.8 Å². The average molecular weight is 399 g/mol. The molecule has 142 valence electrons. The number of carbonyl (C=O) groups is 1. The number of rotatable bonds is 6. The van der Waals surface area contributed by atoms with Crippen LogP contribution in [0.3, 0.4) is 0 Å². The highest BCUT2D eigenvalue weighted by atomic mass is 32.2. The van der Waals surface area contributed by atoms with Gasteiger partial charge in [-0.15, -0.1) is 0 Å². The number of H-pyrrole nitrogens is 1. The highest BCUT2D eigenvalue weighted by Crippen LogP contribution is 2.36. The van der Waals surface area contributed by atoms with Gasteiger partial charge in [-0.3, -0.25) is 4.79 Å². The molecule has 2 aromatic heterocycles. The lowest BCUT2D eigenvalue weighted by molar-refractivity contribution is 0.0945. The first-order valence-corrected chi connectivity index (χ1v) is 9.82. The fourth-order valence-corrected chi connectivity index (χ4v) is 3.98. The number of furan rings is 1. The molecule has 6 heteroatoms. The van der Waals surface area contributed by atoms with Crippen LogP contribution in [0.2, 0.25) is 0 Å². The Hall–Kier alpha value is -3.69. The number of nitrogens with one attached hydrogen (secondary N) is 2. The van der Waals surface area contributed by atoms with E-state index in [1.165, 1.54) is 11.8 Å². The Morgan fingerprint density at radius 2 is 1.86 bits per heavy atom. The number of nitriles is 1. The predicted octanol–water partition coefficient (Wildman–Crippen LogP) is 5.23. The fourth-order valence-electron chi connectivity index (χ4n) is 2.97. The molecule has 0 saturated carbocycles. The first kappa shape index (κ1) is 18.7. The van der Waals surface area contributed by atoms with Crippen LogP contribution in [0.5, 0.6) is 0 Å². The van der Waals surface area contributed by atoms with Gasteiger partial charge < -0.3 is 14.7 Å². The van der Waals surface area contributed by atoms with Crippen LogP contribution in [-0.2, 0) is 6.54 Å². The first-order valence-electron chi connectivity index (χ1n) is 9.00. The molecule has 4 rings (SSSR count). The normalized spacial score (nSPS) is 10.4. The molecule has 0 fully saturated rings. The molecule has 1 amide bonds. The second-order valence-electron chi connectivity index (χ2n) is 6.24. The van der Waals surface area contributed by atoms with Gasteiger partial charge in [0.25, 0.3) is 5.91 Å². The van der Waals surface area contributed by atoms with E-state index < -0.39 is 0 Å². The minimum absolute atomic E-state index is 0.196. The van der Waals surface area contributed by atoms with E-state index >= 15 is 0 Å². The number of hydrogen-bond donors (Lipinski definition) is 2. The molecule has 0 aliphatic heterocycles. The van der Waals surface area contributed by atoms with Crippen molar-refractivity contribution in [2.45, 2.75) is 16.5 Å². The van der Waals surface area contributed by atoms with Crippen LogP contribution in [0.4, 0.5) is 0 Å². The van der Waals surface area contributed by atoms with Crippen molar-refractivity contribution in [2.24, 2.45) is 0 Å². The molecule has 0 unspecified atom stereocenters. The number of hydrogen-bond acceptors (Lipinski definition) is 4. The van der Waals surface area contributed by atoms with E-state index in [1.54, 1.807) is 18.4 Å². The maximum absolute atomic E-state index is 12.7. The van der Waals surface area contributed by atoms with Gasteiger partial charge >= 0.3 is 0 Å². The van der Waals surface area contributed by atoms with Crippen molar-refractivity contribution < 1.29 is 9.21 Å². The maximum atomic E-state index is 12.7. The van der Waals surface area contributed by atoms with Crippen molar-refractivity contribution in [2.75, 3.05) is 0 Å². The Morgan fingerprint density at radius 1 is 1.07 bits per heavy atom. The van der Waals surface area contributed by atoms with E-state index in [0.29, 0.717) is 28.5 Å². The quantitative estimate of drug-likeness (QED) is 0.465. The Kier molecular flexibility index (Phi) is 5.50. The highest BCUT2D eigenvalue weighted by Gasteiger charge is 2.17. The van der Waals surface area contributed by atoms with E-state index in [9.17, 15) is 10.1 Å². The Labute approximate surface area is 172 Å². The molecule has 0 aliphatic carbocycles. The third-order valence-electron chi connectivity index (χ3n) is 4.39. The molecule has 0 aliphatic rings. The van der Waals surface area contributed by atoms with Crippen LogP contribution in [0.1, 0.15) is 21.7 Å². The van der Waals surface area contributed by atoms with Gasteiger partial charge in [-0.2, -0.15) is 5.26 Å². The van der Waals surface area contributed by atoms with Crippen LogP contribution in [0.15, 0.2) is 93.5 Å². The van der Waals surface area contributed by atoms with Crippen LogP contribution < -0.4 is 5.32 Å². The smallest absolute Gasteiger partial charge is 0.252 e. The molecule has 4 aromatic rings. The van der Waals surface area contributed by atoms with Crippen molar-refractivity contribution in [3.05, 3.63) is 96.1 Å². The van der Waals surface area contributed by atoms with E-state index in [4.69, 9.17) is 4.42 Å². The highest BCUT2D eigenvalue weighted by molar-refractivity contribution is 7.99. The lowest BCUT2D eigenvalue weighted by atomic mass is 10.1. The Bertz CT molecular complexity index is 1160. The topological polar surface area (TPSA) is 81.8 Å². The number of benzene rings is 2. The third-order valence-corrected chi connectivity index (χ3v) is 5.49. The largest absolute Gasteiger partial charge is 0.467 e. The van der Waals surface area contributed by atoms with Gasteiger partial charge in [-0.1, -0.05) is 54.2 Å². The molecule has 0 radical (unpaired) electrons. The summed E-state index contributed by atoms with van der Waals surface area (Å²) in [6.45, 7) is 0.314. The lowest BCUT2D eigenvalue weighted by Crippen LogP contribution is -2.23. The van der Waals surface area contributed by atoms with Gasteiger partial charge in [0.15, 0.2) is 0 Å². The molecular weight excluding hydrogens is 382 g/mol. The molecule has 0 spiro atoms. The van der Waals surface area contributed by atoms with Gasteiger partial charge in [-0.05, 0) is 29.8 Å². The summed E-state index contributed by atoms with van der Waals surface area (Å²) in [6, 6.07) is 23.0. The van der Waals surface area contributed by atoms with Crippen molar-refractivity contribution in [3.63, 3.8) is 0 Å². The van der Waals surface area contributed by atoms with Gasteiger partial charge in [0.2, 0.25) is 0 Å². The van der Waals surface area contributed by atoms with Gasteiger partial charge in [0, 0.05) is 16.7 Å². The van der Waals surface area contributed by atoms with Crippen LogP contribution in [0, 0.1) is 11.3 Å². The molecule has 5 nitrogen and oxygen atoms in total. The molecule has 29 heavy (non-hydrogen) atoms. The molecule has 0 saturated heterocycles. The molecule has 0 bridgehead atoms. The number of aromatic nitrogens is 1. The first-order chi connectivity index (χ1) is 14.3. The zero-order valence-electron chi connectivity index (χ0n) is 15.4. The number of carbonyl (C=O) groups excluding carboxylic acids is 1. The predicted molar refractivity (Wildman–Crippen MR) is 111 cm³/mol. The summed E-state index contributed by atoms with van der Waals surface area (Å²) in [6.07, 6.45) is 3.40. The summed E-state index contributed by atoms with van der Waals surface area (Å²) in [5, 5.41) is 13.3. The monoisotopic (exact) mass is 399 g/mol. The Balaban J connectivity index is 1.58. The van der Waals surface area contributed by atoms with E-state index in [0.717, 1.165) is 16.0 Å². The zero-order chi connectivity index (χ0) is 20.1. The van der Waals surface area contributed by atoms with Crippen LogP contribution in [0.25, 0.3) is 11.1 Å². The van der Waals surface area contributed by atoms with Crippen LogP contribution >= 0.6 is 11.8 Å². The van der Waals surface area contributed by atoms with Crippen molar-refractivity contribution in [1.82, 2.24) is 10.3 Å². The summed E-state index contributed by atoms with van der Waals surface area (Å²) < 4.78 is 5.26. The van der Waals surface area contributed by atoms with Crippen molar-refractivity contribution in [3.8, 4) is 17.2 Å². The fraction of sp³-hybridized carbons (Fsp3) is 0.0435. The molecular formula is C23H17N3O2S. The minimum atomic E-state index is -0.196. The molecule has 2 N–H and O–H groups in total. The summed E-state index contributed by atoms with van der Waals surface area (Å²) >= 11 is 1.37. The second kappa shape index (κ2) is 8.55.